The molecule has 0 fully saturated rings. The average molecular weight is 255 g/mol. The monoisotopic (exact) mass is 255 g/mol. The normalized spacial score (nSPS) is 11.3. The molecule has 0 aliphatic carbocycles. The molecule has 2 aromatic rings. The van der Waals surface area contributed by atoms with Gasteiger partial charge in [0.15, 0.2) is 5.96 Å². The fraction of sp³-hybridized carbons (Fsp3) is 0.133. The molecular weight excluding hydrogens is 236 g/mol. The molecule has 0 atom stereocenters. The number of guanidine groups is 1. The van der Waals surface area contributed by atoms with E-state index in [1.54, 1.807) is 0 Å². The molecule has 2 aromatic carbocycles. The van der Waals surface area contributed by atoms with Crippen LogP contribution in [0.5, 0.6) is 0 Å². The largest absolute Gasteiger partial charge is 0.370 e. The van der Waals surface area contributed by atoms with Crippen LogP contribution in [-0.2, 0) is 13.1 Å². The Morgan fingerprint density at radius 2 is 1.68 bits per heavy atom. The first kappa shape index (κ1) is 13.1. The van der Waals surface area contributed by atoms with Crippen LogP contribution in [0.4, 0.5) is 5.69 Å². The van der Waals surface area contributed by atoms with E-state index in [4.69, 9.17) is 5.73 Å². The molecule has 0 spiro atoms. The van der Waals surface area contributed by atoms with Crippen LogP contribution in [0.2, 0.25) is 0 Å². The van der Waals surface area contributed by atoms with Crippen molar-refractivity contribution in [2.24, 2.45) is 10.7 Å². The SMILES string of the molecule is NC(=NCc1ccccc1)NCc1ccc([NH3+])cc1. The predicted octanol–water partition coefficient (Wildman–Crippen LogP) is 1.16. The van der Waals surface area contributed by atoms with Crippen molar-refractivity contribution in [3.8, 4) is 0 Å². The van der Waals surface area contributed by atoms with Gasteiger partial charge in [-0.25, -0.2) is 4.99 Å². The quantitative estimate of drug-likeness (QED) is 0.566. The van der Waals surface area contributed by atoms with Gasteiger partial charge in [0.1, 0.15) is 5.69 Å². The number of aliphatic imine (C=N–C) groups is 1. The van der Waals surface area contributed by atoms with Crippen LogP contribution in [0.25, 0.3) is 0 Å². The first-order valence-electron chi connectivity index (χ1n) is 6.22. The minimum atomic E-state index is 0.461. The van der Waals surface area contributed by atoms with E-state index in [-0.39, 0.29) is 0 Å². The summed E-state index contributed by atoms with van der Waals surface area (Å²) in [6.45, 7) is 1.27. The summed E-state index contributed by atoms with van der Waals surface area (Å²) >= 11 is 0. The summed E-state index contributed by atoms with van der Waals surface area (Å²) in [6.07, 6.45) is 0. The first-order chi connectivity index (χ1) is 9.24. The smallest absolute Gasteiger partial charge is 0.189 e. The van der Waals surface area contributed by atoms with Gasteiger partial charge in [-0.3, -0.25) is 0 Å². The van der Waals surface area contributed by atoms with Crippen LogP contribution >= 0.6 is 0 Å². The molecule has 0 aliphatic heterocycles. The lowest BCUT2D eigenvalue weighted by atomic mass is 10.2. The van der Waals surface area contributed by atoms with Gasteiger partial charge in [-0.05, 0) is 23.3 Å². The third kappa shape index (κ3) is 4.44. The van der Waals surface area contributed by atoms with Gasteiger partial charge in [-0.1, -0.05) is 42.5 Å². The van der Waals surface area contributed by atoms with Gasteiger partial charge in [-0.2, -0.15) is 0 Å². The van der Waals surface area contributed by atoms with Crippen LogP contribution in [0, 0.1) is 0 Å². The highest BCUT2D eigenvalue weighted by molar-refractivity contribution is 5.77. The second kappa shape index (κ2) is 6.56. The topological polar surface area (TPSA) is 78.0 Å². The highest BCUT2D eigenvalue weighted by atomic mass is 15.1. The maximum Gasteiger partial charge on any atom is 0.189 e. The Hall–Kier alpha value is -2.33. The van der Waals surface area contributed by atoms with Crippen molar-refractivity contribution in [2.45, 2.75) is 13.1 Å². The van der Waals surface area contributed by atoms with Gasteiger partial charge in [0.2, 0.25) is 0 Å². The number of quaternary nitrogens is 1. The molecule has 2 rings (SSSR count). The lowest BCUT2D eigenvalue weighted by Gasteiger charge is -2.05. The first-order valence-corrected chi connectivity index (χ1v) is 6.22. The lowest BCUT2D eigenvalue weighted by Crippen LogP contribution is -2.40. The number of rotatable bonds is 4. The number of nitrogens with one attached hydrogen (secondary N) is 1. The molecular formula is C15H19N4+. The maximum atomic E-state index is 5.83. The van der Waals surface area contributed by atoms with Crippen molar-refractivity contribution in [3.05, 3.63) is 65.7 Å². The average Bonchev–Trinajstić information content (AvgIpc) is 2.45. The van der Waals surface area contributed by atoms with Crippen LogP contribution in [0.3, 0.4) is 0 Å². The van der Waals surface area contributed by atoms with Crippen LogP contribution in [-0.4, -0.2) is 5.96 Å². The molecule has 19 heavy (non-hydrogen) atoms. The highest BCUT2D eigenvalue weighted by Gasteiger charge is 1.96. The molecule has 4 nitrogen and oxygen atoms in total. The van der Waals surface area contributed by atoms with E-state index in [0.717, 1.165) is 16.8 Å². The molecule has 0 aliphatic rings. The van der Waals surface area contributed by atoms with E-state index in [1.807, 2.05) is 54.6 Å². The fourth-order valence-electron chi connectivity index (χ4n) is 1.67. The van der Waals surface area contributed by atoms with Gasteiger partial charge in [0.05, 0.1) is 6.54 Å². The molecule has 0 heterocycles. The second-order valence-corrected chi connectivity index (χ2v) is 4.36. The van der Waals surface area contributed by atoms with Crippen molar-refractivity contribution >= 4 is 11.6 Å². The highest BCUT2D eigenvalue weighted by Crippen LogP contribution is 2.03. The van der Waals surface area contributed by atoms with Gasteiger partial charge in [0, 0.05) is 6.54 Å². The van der Waals surface area contributed by atoms with Crippen molar-refractivity contribution in [3.63, 3.8) is 0 Å². The van der Waals surface area contributed by atoms with Crippen LogP contribution in [0.1, 0.15) is 11.1 Å². The van der Waals surface area contributed by atoms with Gasteiger partial charge < -0.3 is 16.8 Å². The summed E-state index contributed by atoms with van der Waals surface area (Å²) in [5.41, 5.74) is 13.0. The molecule has 0 radical (unpaired) electrons. The van der Waals surface area contributed by atoms with E-state index in [1.165, 1.54) is 0 Å². The number of hydrogen-bond donors (Lipinski definition) is 3. The summed E-state index contributed by atoms with van der Waals surface area (Å²) in [6, 6.07) is 18.1. The predicted molar refractivity (Wildman–Crippen MR) is 77.6 cm³/mol. The number of nitrogens with two attached hydrogens (primary N) is 1. The molecule has 0 saturated carbocycles. The Balaban J connectivity index is 1.84. The van der Waals surface area contributed by atoms with E-state index < -0.39 is 0 Å². The second-order valence-electron chi connectivity index (χ2n) is 4.36. The third-order valence-corrected chi connectivity index (χ3v) is 2.77. The molecule has 0 bridgehead atoms. The van der Waals surface area contributed by atoms with Crippen LogP contribution < -0.4 is 16.8 Å². The summed E-state index contributed by atoms with van der Waals surface area (Å²) in [7, 11) is 0. The minimum Gasteiger partial charge on any atom is -0.370 e. The van der Waals surface area contributed by atoms with E-state index in [2.05, 4.69) is 16.0 Å². The zero-order valence-electron chi connectivity index (χ0n) is 10.8. The number of nitrogens with zero attached hydrogens (tertiary/aromatic N) is 1. The van der Waals surface area contributed by atoms with Crippen molar-refractivity contribution in [2.75, 3.05) is 0 Å². The van der Waals surface area contributed by atoms with Gasteiger partial charge in [-0.15, -0.1) is 0 Å². The Morgan fingerprint density at radius 1 is 1.00 bits per heavy atom. The summed E-state index contributed by atoms with van der Waals surface area (Å²) in [5, 5.41) is 3.10. The molecule has 0 unspecified atom stereocenters. The molecule has 4 heteroatoms. The summed E-state index contributed by atoms with van der Waals surface area (Å²) in [5.74, 6) is 0.461. The van der Waals surface area contributed by atoms with E-state index in [0.29, 0.717) is 19.0 Å². The third-order valence-electron chi connectivity index (χ3n) is 2.77. The summed E-state index contributed by atoms with van der Waals surface area (Å²) < 4.78 is 0. The zero-order chi connectivity index (χ0) is 13.5. The molecule has 0 aromatic heterocycles. The Morgan fingerprint density at radius 3 is 2.37 bits per heavy atom. The van der Waals surface area contributed by atoms with Crippen LogP contribution in [0.15, 0.2) is 59.6 Å². The number of benzene rings is 2. The van der Waals surface area contributed by atoms with Gasteiger partial charge in [0.25, 0.3) is 0 Å². The van der Waals surface area contributed by atoms with Crippen molar-refractivity contribution in [1.82, 2.24) is 5.32 Å². The van der Waals surface area contributed by atoms with E-state index in [9.17, 15) is 0 Å². The van der Waals surface area contributed by atoms with Crippen molar-refractivity contribution < 1.29 is 5.73 Å². The zero-order valence-corrected chi connectivity index (χ0v) is 10.8. The maximum absolute atomic E-state index is 5.83. The minimum absolute atomic E-state index is 0.461. The standard InChI is InChI=1S/C15H18N4/c16-14-8-6-13(7-9-14)11-19-15(17)18-10-12-4-2-1-3-5-12/h1-9H,10-11,16H2,(H3,17,18,19)/p+1. The molecule has 0 saturated heterocycles. The number of hydrogen-bond acceptors (Lipinski definition) is 1. The molecule has 6 N–H and O–H groups in total. The molecule has 0 amide bonds. The Bertz CT molecular complexity index is 532. The Kier molecular flexibility index (Phi) is 4.53. The van der Waals surface area contributed by atoms with Gasteiger partial charge >= 0.3 is 0 Å². The van der Waals surface area contributed by atoms with E-state index >= 15 is 0 Å². The fourth-order valence-corrected chi connectivity index (χ4v) is 1.67. The molecule has 98 valence electrons. The summed E-state index contributed by atoms with van der Waals surface area (Å²) in [4.78, 5) is 4.30. The Labute approximate surface area is 113 Å². The lowest BCUT2D eigenvalue weighted by molar-refractivity contribution is -0.254. The van der Waals surface area contributed by atoms with Crippen molar-refractivity contribution in [1.29, 1.82) is 0 Å².